The Morgan fingerprint density at radius 1 is 1.30 bits per heavy atom. The molecule has 1 fully saturated rings. The van der Waals surface area contributed by atoms with Crippen LogP contribution in [0.2, 0.25) is 0 Å². The van der Waals surface area contributed by atoms with Crippen molar-refractivity contribution in [1.82, 2.24) is 0 Å². The molecule has 0 unspecified atom stereocenters. The number of aliphatic hydroxyl groups excluding tert-OH is 2. The highest BCUT2D eigenvalue weighted by Crippen LogP contribution is 2.55. The first-order chi connectivity index (χ1) is 9.31. The zero-order valence-corrected chi connectivity index (χ0v) is 12.2. The molecule has 1 heterocycles. The van der Waals surface area contributed by atoms with Crippen molar-refractivity contribution in [3.63, 3.8) is 0 Å². The summed E-state index contributed by atoms with van der Waals surface area (Å²) >= 11 is 0. The molecule has 6 atom stereocenters. The van der Waals surface area contributed by atoms with E-state index in [1.807, 2.05) is 39.0 Å². The van der Waals surface area contributed by atoms with Crippen LogP contribution in [0.5, 0.6) is 0 Å². The Labute approximate surface area is 119 Å². The first kappa shape index (κ1) is 14.0. The van der Waals surface area contributed by atoms with Gasteiger partial charge in [-0.05, 0) is 19.4 Å². The van der Waals surface area contributed by atoms with Gasteiger partial charge in [-0.25, -0.2) is 0 Å². The zero-order chi connectivity index (χ0) is 14.7. The van der Waals surface area contributed by atoms with E-state index in [0.717, 1.165) is 5.57 Å². The summed E-state index contributed by atoms with van der Waals surface area (Å²) in [5.74, 6) is -0.419. The molecule has 2 N–H and O–H groups in total. The van der Waals surface area contributed by atoms with Crippen LogP contribution < -0.4 is 0 Å². The molecule has 3 aliphatic rings. The van der Waals surface area contributed by atoms with Gasteiger partial charge >= 0.3 is 0 Å². The summed E-state index contributed by atoms with van der Waals surface area (Å²) in [6.07, 6.45) is 4.42. The average molecular weight is 278 g/mol. The van der Waals surface area contributed by atoms with Gasteiger partial charge in [0.1, 0.15) is 5.78 Å². The van der Waals surface area contributed by atoms with Crippen LogP contribution in [0, 0.1) is 17.3 Å². The third-order valence-corrected chi connectivity index (χ3v) is 5.60. The Morgan fingerprint density at radius 2 is 2.00 bits per heavy atom. The average Bonchev–Trinajstić information content (AvgIpc) is 2.39. The van der Waals surface area contributed by atoms with Crippen LogP contribution in [0.15, 0.2) is 23.8 Å². The molecule has 0 aromatic heterocycles. The number of Topliss-reactive ketones (excluding diaryl/α,β-unsaturated/α-hetero) is 1. The molecule has 4 nitrogen and oxygen atoms in total. The number of carbonyl (C=O) groups is 1. The standard InChI is InChI=1S/C16H22O4/c1-9-8-10-4-6-15(2)16(3,11(17)5-7-20-15)12(10)14(19)13(9)18/h4,6,8-9,12-14,18-19H,5,7H2,1-3H3/t9-,12-,13+,14-,15+,16-/m1/s1. The monoisotopic (exact) mass is 278 g/mol. The first-order valence-electron chi connectivity index (χ1n) is 7.25. The maximum absolute atomic E-state index is 12.6. The molecule has 0 aromatic carbocycles. The molecule has 0 aromatic rings. The SMILES string of the molecule is C[C@@H]1C=C2C=C[C@]3(C)OCCC(=O)[C@]3(C)[C@H]2[C@@H](O)[C@H]1O. The van der Waals surface area contributed by atoms with Crippen LogP contribution in [0.4, 0.5) is 0 Å². The van der Waals surface area contributed by atoms with Crippen LogP contribution in [0.25, 0.3) is 0 Å². The fourth-order valence-electron chi connectivity index (χ4n) is 4.05. The summed E-state index contributed by atoms with van der Waals surface area (Å²) in [7, 11) is 0. The number of rotatable bonds is 0. The van der Waals surface area contributed by atoms with E-state index in [1.165, 1.54) is 0 Å². The van der Waals surface area contributed by atoms with Crippen LogP contribution in [-0.4, -0.2) is 40.4 Å². The van der Waals surface area contributed by atoms with Crippen LogP contribution in [0.3, 0.4) is 0 Å². The second-order valence-electron chi connectivity index (χ2n) is 6.65. The summed E-state index contributed by atoms with van der Waals surface area (Å²) < 4.78 is 5.87. The predicted octanol–water partition coefficient (Wildman–Crippen LogP) is 1.22. The molecule has 20 heavy (non-hydrogen) atoms. The molecule has 0 radical (unpaired) electrons. The van der Waals surface area contributed by atoms with Crippen molar-refractivity contribution >= 4 is 5.78 Å². The molecule has 110 valence electrons. The van der Waals surface area contributed by atoms with E-state index in [2.05, 4.69) is 0 Å². The lowest BCUT2D eigenvalue weighted by molar-refractivity contribution is -0.184. The Bertz CT molecular complexity index is 509. The summed E-state index contributed by atoms with van der Waals surface area (Å²) in [5.41, 5.74) is -0.605. The molecule has 0 bridgehead atoms. The second kappa shape index (κ2) is 4.26. The van der Waals surface area contributed by atoms with E-state index >= 15 is 0 Å². The lowest BCUT2D eigenvalue weighted by Crippen LogP contribution is -2.64. The van der Waals surface area contributed by atoms with E-state index in [4.69, 9.17) is 4.74 Å². The number of aliphatic hydroxyl groups is 2. The highest BCUT2D eigenvalue weighted by Gasteiger charge is 2.62. The predicted molar refractivity (Wildman–Crippen MR) is 74.0 cm³/mol. The minimum absolute atomic E-state index is 0.104. The molecule has 1 aliphatic heterocycles. The smallest absolute Gasteiger partial charge is 0.144 e. The van der Waals surface area contributed by atoms with Crippen LogP contribution >= 0.6 is 0 Å². The zero-order valence-electron chi connectivity index (χ0n) is 12.2. The third kappa shape index (κ3) is 1.56. The van der Waals surface area contributed by atoms with Gasteiger partial charge in [-0.1, -0.05) is 25.2 Å². The van der Waals surface area contributed by atoms with E-state index < -0.39 is 29.1 Å². The molecule has 4 heteroatoms. The quantitative estimate of drug-likeness (QED) is 0.699. The third-order valence-electron chi connectivity index (χ3n) is 5.60. The van der Waals surface area contributed by atoms with Gasteiger partial charge in [0.15, 0.2) is 0 Å². The van der Waals surface area contributed by atoms with Gasteiger partial charge in [0.05, 0.1) is 29.8 Å². The number of hydrogen-bond donors (Lipinski definition) is 2. The van der Waals surface area contributed by atoms with Gasteiger partial charge in [0, 0.05) is 18.3 Å². The number of ether oxygens (including phenoxy) is 1. The largest absolute Gasteiger partial charge is 0.390 e. The minimum atomic E-state index is -0.940. The van der Waals surface area contributed by atoms with Gasteiger partial charge in [0.25, 0.3) is 0 Å². The van der Waals surface area contributed by atoms with Gasteiger partial charge in [0.2, 0.25) is 0 Å². The molecular formula is C16H22O4. The van der Waals surface area contributed by atoms with Crippen molar-refractivity contribution in [1.29, 1.82) is 0 Å². The van der Waals surface area contributed by atoms with Crippen molar-refractivity contribution in [3.8, 4) is 0 Å². The summed E-state index contributed by atoms with van der Waals surface area (Å²) in [5, 5.41) is 20.7. The van der Waals surface area contributed by atoms with Gasteiger partial charge < -0.3 is 14.9 Å². The second-order valence-corrected chi connectivity index (χ2v) is 6.65. The summed E-state index contributed by atoms with van der Waals surface area (Å²) in [4.78, 5) is 12.6. The van der Waals surface area contributed by atoms with Crippen molar-refractivity contribution in [3.05, 3.63) is 23.8 Å². The number of hydrogen-bond acceptors (Lipinski definition) is 4. The van der Waals surface area contributed by atoms with Crippen LogP contribution in [-0.2, 0) is 9.53 Å². The van der Waals surface area contributed by atoms with E-state index in [1.54, 1.807) is 0 Å². The van der Waals surface area contributed by atoms with Crippen molar-refractivity contribution in [2.45, 2.75) is 45.0 Å². The Hall–Kier alpha value is -0.970. The maximum Gasteiger partial charge on any atom is 0.144 e. The first-order valence-corrected chi connectivity index (χ1v) is 7.25. The number of fused-ring (bicyclic) bond motifs is 3. The van der Waals surface area contributed by atoms with E-state index in [0.29, 0.717) is 13.0 Å². The van der Waals surface area contributed by atoms with E-state index in [9.17, 15) is 15.0 Å². The molecule has 1 saturated heterocycles. The number of allylic oxidation sites excluding steroid dienone is 1. The molecule has 0 saturated carbocycles. The highest BCUT2D eigenvalue weighted by atomic mass is 16.5. The Balaban J connectivity index is 2.18. The van der Waals surface area contributed by atoms with Crippen LogP contribution in [0.1, 0.15) is 27.2 Å². The lowest BCUT2D eigenvalue weighted by Gasteiger charge is -2.56. The molecule has 0 amide bonds. The number of carbonyl (C=O) groups excluding carboxylic acids is 1. The fourth-order valence-corrected chi connectivity index (χ4v) is 4.05. The van der Waals surface area contributed by atoms with Gasteiger partial charge in [-0.2, -0.15) is 0 Å². The van der Waals surface area contributed by atoms with Crippen molar-refractivity contribution in [2.24, 2.45) is 17.3 Å². The maximum atomic E-state index is 12.6. The summed E-state index contributed by atoms with van der Waals surface area (Å²) in [6, 6.07) is 0. The van der Waals surface area contributed by atoms with E-state index in [-0.39, 0.29) is 11.7 Å². The minimum Gasteiger partial charge on any atom is -0.390 e. The molecule has 3 rings (SSSR count). The lowest BCUT2D eigenvalue weighted by atomic mass is 9.53. The normalized spacial score (nSPS) is 51.2. The van der Waals surface area contributed by atoms with Crippen molar-refractivity contribution < 1.29 is 19.7 Å². The van der Waals surface area contributed by atoms with Gasteiger partial charge in [-0.3, -0.25) is 4.79 Å². The Kier molecular flexibility index (Phi) is 2.98. The summed E-state index contributed by atoms with van der Waals surface area (Å²) in [6.45, 7) is 6.05. The highest BCUT2D eigenvalue weighted by molar-refractivity contribution is 5.88. The molecular weight excluding hydrogens is 256 g/mol. The molecule has 0 spiro atoms. The topological polar surface area (TPSA) is 66.8 Å². The van der Waals surface area contributed by atoms with Gasteiger partial charge in [-0.15, -0.1) is 0 Å². The number of ketones is 1. The Morgan fingerprint density at radius 3 is 2.70 bits per heavy atom. The van der Waals surface area contributed by atoms with Crippen molar-refractivity contribution in [2.75, 3.05) is 6.61 Å². The fraction of sp³-hybridized carbons (Fsp3) is 0.688. The molecule has 2 aliphatic carbocycles.